The molecule has 1 amide bonds. The number of aromatic nitrogens is 4. The second-order valence-corrected chi connectivity index (χ2v) is 5.87. The van der Waals surface area contributed by atoms with E-state index in [1.807, 2.05) is 18.0 Å². The van der Waals surface area contributed by atoms with Crippen LogP contribution in [0, 0.1) is 5.92 Å². The molecule has 0 aliphatic carbocycles. The molecule has 7 nitrogen and oxygen atoms in total. The standard InChI is InChI=1S/C16H21N5O2/c1-20-15(3-5-18-20)14-9-17-8-13(19-14)7-12-4-6-21(10-12)16(22)11-23-2/h3,5,8-9,12H,4,6-7,10-11H2,1-2H3. The maximum Gasteiger partial charge on any atom is 0.248 e. The van der Waals surface area contributed by atoms with Crippen LogP contribution in [0.25, 0.3) is 11.4 Å². The first-order chi connectivity index (χ1) is 11.2. The van der Waals surface area contributed by atoms with E-state index in [9.17, 15) is 4.79 Å². The monoisotopic (exact) mass is 315 g/mol. The van der Waals surface area contributed by atoms with E-state index in [0.29, 0.717) is 5.92 Å². The first-order valence-corrected chi connectivity index (χ1v) is 7.73. The maximum absolute atomic E-state index is 11.9. The average molecular weight is 315 g/mol. The molecule has 0 saturated carbocycles. The van der Waals surface area contributed by atoms with Crippen LogP contribution >= 0.6 is 0 Å². The quantitative estimate of drug-likeness (QED) is 0.820. The first-order valence-electron chi connectivity index (χ1n) is 7.73. The van der Waals surface area contributed by atoms with Gasteiger partial charge in [0.25, 0.3) is 0 Å². The summed E-state index contributed by atoms with van der Waals surface area (Å²) in [4.78, 5) is 22.7. The summed E-state index contributed by atoms with van der Waals surface area (Å²) in [5.41, 5.74) is 2.73. The molecule has 7 heteroatoms. The Balaban J connectivity index is 1.65. The van der Waals surface area contributed by atoms with E-state index in [1.165, 1.54) is 0 Å². The number of ether oxygens (including phenoxy) is 1. The van der Waals surface area contributed by atoms with Crippen molar-refractivity contribution in [2.75, 3.05) is 26.8 Å². The van der Waals surface area contributed by atoms with Crippen molar-refractivity contribution in [2.45, 2.75) is 12.8 Å². The molecule has 122 valence electrons. The van der Waals surface area contributed by atoms with Gasteiger partial charge < -0.3 is 9.64 Å². The molecule has 23 heavy (non-hydrogen) atoms. The van der Waals surface area contributed by atoms with E-state index in [0.717, 1.165) is 43.0 Å². The van der Waals surface area contributed by atoms with Crippen LogP contribution in [0.15, 0.2) is 24.7 Å². The number of carbonyl (C=O) groups excluding carboxylic acids is 1. The molecule has 0 spiro atoms. The molecule has 1 unspecified atom stereocenters. The van der Waals surface area contributed by atoms with Crippen LogP contribution in [0.4, 0.5) is 0 Å². The largest absolute Gasteiger partial charge is 0.375 e. The second-order valence-electron chi connectivity index (χ2n) is 5.87. The number of hydrogen-bond acceptors (Lipinski definition) is 5. The topological polar surface area (TPSA) is 73.1 Å². The number of likely N-dealkylation sites (tertiary alicyclic amines) is 1. The van der Waals surface area contributed by atoms with Gasteiger partial charge in [-0.15, -0.1) is 0 Å². The SMILES string of the molecule is COCC(=O)N1CCC(Cc2cncc(-c3ccnn3C)n2)C1. The number of hydrogen-bond donors (Lipinski definition) is 0. The fraction of sp³-hybridized carbons (Fsp3) is 0.500. The molecular weight excluding hydrogens is 294 g/mol. The van der Waals surface area contributed by atoms with E-state index in [-0.39, 0.29) is 12.5 Å². The molecule has 1 aliphatic rings. The van der Waals surface area contributed by atoms with Gasteiger partial charge >= 0.3 is 0 Å². The van der Waals surface area contributed by atoms with Crippen LogP contribution in [-0.4, -0.2) is 57.4 Å². The van der Waals surface area contributed by atoms with Crippen LogP contribution in [0.1, 0.15) is 12.1 Å². The van der Waals surface area contributed by atoms with Crippen LogP contribution < -0.4 is 0 Å². The summed E-state index contributed by atoms with van der Waals surface area (Å²) in [5.74, 6) is 0.483. The first kappa shape index (κ1) is 15.6. The lowest BCUT2D eigenvalue weighted by molar-refractivity contribution is -0.134. The van der Waals surface area contributed by atoms with Crippen molar-refractivity contribution in [2.24, 2.45) is 13.0 Å². The van der Waals surface area contributed by atoms with Gasteiger partial charge in [0, 0.05) is 39.6 Å². The number of aryl methyl sites for hydroxylation is 1. The third-order valence-corrected chi connectivity index (χ3v) is 4.17. The summed E-state index contributed by atoms with van der Waals surface area (Å²) < 4.78 is 6.70. The number of amides is 1. The Morgan fingerprint density at radius 2 is 2.30 bits per heavy atom. The molecule has 0 bridgehead atoms. The van der Waals surface area contributed by atoms with E-state index < -0.39 is 0 Å². The molecule has 0 N–H and O–H groups in total. The average Bonchev–Trinajstić information content (AvgIpc) is 3.17. The van der Waals surface area contributed by atoms with Crippen molar-refractivity contribution in [3.8, 4) is 11.4 Å². The van der Waals surface area contributed by atoms with Gasteiger partial charge in [-0.1, -0.05) is 0 Å². The fourth-order valence-electron chi connectivity index (χ4n) is 2.99. The fourth-order valence-corrected chi connectivity index (χ4v) is 2.99. The smallest absolute Gasteiger partial charge is 0.248 e. The lowest BCUT2D eigenvalue weighted by Crippen LogP contribution is -2.31. The highest BCUT2D eigenvalue weighted by Gasteiger charge is 2.26. The van der Waals surface area contributed by atoms with Gasteiger partial charge in [0.15, 0.2) is 0 Å². The zero-order chi connectivity index (χ0) is 16.2. The Bertz CT molecular complexity index is 685. The van der Waals surface area contributed by atoms with Crippen molar-refractivity contribution in [1.82, 2.24) is 24.6 Å². The summed E-state index contributed by atoms with van der Waals surface area (Å²) in [5, 5.41) is 4.17. The molecule has 1 saturated heterocycles. The summed E-state index contributed by atoms with van der Waals surface area (Å²) in [6.07, 6.45) is 7.13. The van der Waals surface area contributed by atoms with Crippen molar-refractivity contribution in [1.29, 1.82) is 0 Å². The predicted octanol–water partition coefficient (Wildman–Crippen LogP) is 0.914. The minimum absolute atomic E-state index is 0.0599. The van der Waals surface area contributed by atoms with E-state index in [2.05, 4.69) is 10.1 Å². The molecule has 1 atom stereocenters. The summed E-state index contributed by atoms with van der Waals surface area (Å²) in [7, 11) is 3.44. The van der Waals surface area contributed by atoms with E-state index in [1.54, 1.807) is 30.4 Å². The summed E-state index contributed by atoms with van der Waals surface area (Å²) in [6, 6.07) is 1.93. The number of nitrogens with zero attached hydrogens (tertiary/aromatic N) is 5. The molecule has 3 heterocycles. The van der Waals surface area contributed by atoms with Crippen LogP contribution in [0.3, 0.4) is 0 Å². The Hall–Kier alpha value is -2.28. The van der Waals surface area contributed by atoms with Gasteiger partial charge in [0.1, 0.15) is 12.3 Å². The maximum atomic E-state index is 11.9. The molecule has 0 aromatic carbocycles. The van der Waals surface area contributed by atoms with E-state index in [4.69, 9.17) is 9.72 Å². The van der Waals surface area contributed by atoms with E-state index >= 15 is 0 Å². The molecule has 3 rings (SSSR count). The van der Waals surface area contributed by atoms with Gasteiger partial charge in [-0.05, 0) is 24.8 Å². The molecule has 2 aromatic heterocycles. The highest BCUT2D eigenvalue weighted by Crippen LogP contribution is 2.21. The summed E-state index contributed by atoms with van der Waals surface area (Å²) in [6.45, 7) is 1.71. The number of methoxy groups -OCH3 is 1. The van der Waals surface area contributed by atoms with Crippen LogP contribution in [0.2, 0.25) is 0 Å². The van der Waals surface area contributed by atoms with Crippen LogP contribution in [0.5, 0.6) is 0 Å². The molecule has 2 aromatic rings. The Kier molecular flexibility index (Phi) is 4.66. The normalized spacial score (nSPS) is 17.7. The highest BCUT2D eigenvalue weighted by molar-refractivity contribution is 5.77. The van der Waals surface area contributed by atoms with Gasteiger partial charge in [0.05, 0.1) is 17.6 Å². The Labute approximate surface area is 135 Å². The number of carbonyl (C=O) groups is 1. The van der Waals surface area contributed by atoms with Gasteiger partial charge in [0.2, 0.25) is 5.91 Å². The second kappa shape index (κ2) is 6.87. The van der Waals surface area contributed by atoms with Gasteiger partial charge in [-0.25, -0.2) is 4.98 Å². The zero-order valence-corrected chi connectivity index (χ0v) is 13.5. The number of rotatable bonds is 5. The van der Waals surface area contributed by atoms with Crippen molar-refractivity contribution in [3.05, 3.63) is 30.4 Å². The Morgan fingerprint density at radius 3 is 3.04 bits per heavy atom. The molecule has 1 aliphatic heterocycles. The van der Waals surface area contributed by atoms with Gasteiger partial charge in [-0.2, -0.15) is 5.10 Å². The Morgan fingerprint density at radius 1 is 1.43 bits per heavy atom. The summed E-state index contributed by atoms with van der Waals surface area (Å²) >= 11 is 0. The van der Waals surface area contributed by atoms with Crippen LogP contribution in [-0.2, 0) is 23.0 Å². The lowest BCUT2D eigenvalue weighted by Gasteiger charge is -2.15. The van der Waals surface area contributed by atoms with Gasteiger partial charge in [-0.3, -0.25) is 14.5 Å². The minimum atomic E-state index is 0.0599. The predicted molar refractivity (Wildman–Crippen MR) is 84.5 cm³/mol. The zero-order valence-electron chi connectivity index (χ0n) is 13.5. The lowest BCUT2D eigenvalue weighted by atomic mass is 10.0. The van der Waals surface area contributed by atoms with Crippen molar-refractivity contribution >= 4 is 5.91 Å². The molecule has 1 fully saturated rings. The third kappa shape index (κ3) is 3.56. The minimum Gasteiger partial charge on any atom is -0.375 e. The van der Waals surface area contributed by atoms with Crippen molar-refractivity contribution in [3.63, 3.8) is 0 Å². The van der Waals surface area contributed by atoms with Crippen molar-refractivity contribution < 1.29 is 9.53 Å². The third-order valence-electron chi connectivity index (χ3n) is 4.17. The molecule has 0 radical (unpaired) electrons. The highest BCUT2D eigenvalue weighted by atomic mass is 16.5. The molecular formula is C16H21N5O2.